The lowest BCUT2D eigenvalue weighted by molar-refractivity contribution is 0.394. The van der Waals surface area contributed by atoms with E-state index in [0.29, 0.717) is 16.5 Å². The predicted octanol–water partition coefficient (Wildman–Crippen LogP) is 2.67. The zero-order valence-electron chi connectivity index (χ0n) is 7.35. The van der Waals surface area contributed by atoms with Crippen LogP contribution in [0.3, 0.4) is 0 Å². The first-order valence-corrected chi connectivity index (χ1v) is 3.95. The molecule has 0 aliphatic carbocycles. The Bertz CT molecular complexity index is 259. The van der Waals surface area contributed by atoms with Crippen molar-refractivity contribution >= 4 is 11.6 Å². The van der Waals surface area contributed by atoms with Gasteiger partial charge in [-0.3, -0.25) is 0 Å². The quantitative estimate of drug-likeness (QED) is 0.707. The summed E-state index contributed by atoms with van der Waals surface area (Å²) < 4.78 is 10.1. The van der Waals surface area contributed by atoms with E-state index in [9.17, 15) is 0 Å². The van der Waals surface area contributed by atoms with Gasteiger partial charge >= 0.3 is 0 Å². The second-order valence-electron chi connectivity index (χ2n) is 2.48. The van der Waals surface area contributed by atoms with Gasteiger partial charge in [-0.2, -0.15) is 0 Å². The molecule has 0 atom stereocenters. The van der Waals surface area contributed by atoms with Crippen molar-refractivity contribution in [2.24, 2.45) is 0 Å². The van der Waals surface area contributed by atoms with Gasteiger partial charge in [0.1, 0.15) is 16.5 Å². The second kappa shape index (κ2) is 3.68. The Balaban J connectivity index is 3.22. The minimum absolute atomic E-state index is 0.519. The highest BCUT2D eigenvalue weighted by Gasteiger charge is 2.07. The molecule has 12 heavy (non-hydrogen) atoms. The molecule has 1 aromatic carbocycles. The smallest absolute Gasteiger partial charge is 0.141 e. The van der Waals surface area contributed by atoms with Gasteiger partial charge in [0.25, 0.3) is 0 Å². The van der Waals surface area contributed by atoms with Crippen molar-refractivity contribution < 1.29 is 9.47 Å². The highest BCUT2D eigenvalue weighted by Crippen LogP contribution is 2.34. The second-order valence-corrected chi connectivity index (χ2v) is 2.86. The molecule has 0 fully saturated rings. The largest absolute Gasteiger partial charge is 0.495 e. The van der Waals surface area contributed by atoms with Crippen LogP contribution in [0, 0.1) is 6.92 Å². The number of ether oxygens (including phenoxy) is 2. The predicted molar refractivity (Wildman–Crippen MR) is 49.3 cm³/mol. The molecule has 0 amide bonds. The highest BCUT2D eigenvalue weighted by molar-refractivity contribution is 6.33. The molecule has 3 heteroatoms. The number of hydrogen-bond donors (Lipinski definition) is 0. The number of benzene rings is 1. The monoisotopic (exact) mass is 186 g/mol. The third-order valence-electron chi connectivity index (χ3n) is 1.59. The summed E-state index contributed by atoms with van der Waals surface area (Å²) in [5, 5.41) is 0.519. The first-order valence-electron chi connectivity index (χ1n) is 3.57. The van der Waals surface area contributed by atoms with Crippen LogP contribution in [-0.4, -0.2) is 14.2 Å². The summed E-state index contributed by atoms with van der Waals surface area (Å²) in [6.07, 6.45) is 0. The molecule has 0 bridgehead atoms. The first kappa shape index (κ1) is 9.20. The fourth-order valence-corrected chi connectivity index (χ4v) is 1.26. The van der Waals surface area contributed by atoms with Crippen LogP contribution in [0.2, 0.25) is 5.02 Å². The molecule has 1 aromatic rings. The van der Waals surface area contributed by atoms with E-state index in [-0.39, 0.29) is 0 Å². The average Bonchev–Trinajstić information content (AvgIpc) is 2.08. The summed E-state index contributed by atoms with van der Waals surface area (Å²) in [6.45, 7) is 1.96. The molecule has 0 saturated heterocycles. The Labute approximate surface area is 77.1 Å². The third kappa shape index (κ3) is 1.64. The number of hydrogen-bond acceptors (Lipinski definition) is 2. The third-order valence-corrected chi connectivity index (χ3v) is 1.96. The standard InChI is InChI=1S/C9H11ClO2/c1-6-4-7(11-2)9(10)8(5-6)12-3/h4-5H,1-3H3. The molecule has 1 rings (SSSR count). The molecule has 0 heterocycles. The van der Waals surface area contributed by atoms with Crippen LogP contribution in [0.1, 0.15) is 5.56 Å². The van der Waals surface area contributed by atoms with Crippen molar-refractivity contribution in [3.05, 3.63) is 22.7 Å². The Kier molecular flexibility index (Phi) is 2.82. The Hall–Kier alpha value is -0.890. The summed E-state index contributed by atoms with van der Waals surface area (Å²) >= 11 is 5.93. The molecule has 66 valence electrons. The van der Waals surface area contributed by atoms with Crippen LogP contribution in [0.5, 0.6) is 11.5 Å². The van der Waals surface area contributed by atoms with Gasteiger partial charge in [-0.15, -0.1) is 0 Å². The van der Waals surface area contributed by atoms with Crippen LogP contribution in [0.25, 0.3) is 0 Å². The molecule has 0 saturated carbocycles. The average molecular weight is 187 g/mol. The maximum atomic E-state index is 5.93. The van der Waals surface area contributed by atoms with Crippen LogP contribution in [-0.2, 0) is 0 Å². The van der Waals surface area contributed by atoms with Gasteiger partial charge in [0.05, 0.1) is 14.2 Å². The molecular formula is C9H11ClO2. The van der Waals surface area contributed by atoms with Gasteiger partial charge in [-0.1, -0.05) is 11.6 Å². The van der Waals surface area contributed by atoms with Crippen molar-refractivity contribution in [2.45, 2.75) is 6.92 Å². The number of halogens is 1. The summed E-state index contributed by atoms with van der Waals surface area (Å²) in [6, 6.07) is 3.73. The number of aryl methyl sites for hydroxylation is 1. The number of methoxy groups -OCH3 is 2. The normalized spacial score (nSPS) is 9.67. The molecular weight excluding hydrogens is 176 g/mol. The fourth-order valence-electron chi connectivity index (χ4n) is 1.00. The van der Waals surface area contributed by atoms with Crippen LogP contribution in [0.15, 0.2) is 12.1 Å². The van der Waals surface area contributed by atoms with Crippen molar-refractivity contribution in [1.29, 1.82) is 0 Å². The summed E-state index contributed by atoms with van der Waals surface area (Å²) in [4.78, 5) is 0. The van der Waals surface area contributed by atoms with Crippen LogP contribution < -0.4 is 9.47 Å². The lowest BCUT2D eigenvalue weighted by Crippen LogP contribution is -1.90. The maximum absolute atomic E-state index is 5.93. The van der Waals surface area contributed by atoms with Crippen molar-refractivity contribution in [1.82, 2.24) is 0 Å². The zero-order chi connectivity index (χ0) is 9.14. The van der Waals surface area contributed by atoms with Crippen molar-refractivity contribution in [2.75, 3.05) is 14.2 Å². The van der Waals surface area contributed by atoms with Crippen molar-refractivity contribution in [3.63, 3.8) is 0 Å². The van der Waals surface area contributed by atoms with E-state index in [4.69, 9.17) is 21.1 Å². The fraction of sp³-hybridized carbons (Fsp3) is 0.333. The number of rotatable bonds is 2. The van der Waals surface area contributed by atoms with E-state index < -0.39 is 0 Å². The maximum Gasteiger partial charge on any atom is 0.141 e. The van der Waals surface area contributed by atoms with Crippen LogP contribution >= 0.6 is 11.6 Å². The van der Waals surface area contributed by atoms with E-state index in [1.54, 1.807) is 14.2 Å². The Morgan fingerprint density at radius 1 is 1.08 bits per heavy atom. The van der Waals surface area contributed by atoms with E-state index >= 15 is 0 Å². The van der Waals surface area contributed by atoms with E-state index in [1.807, 2.05) is 19.1 Å². The van der Waals surface area contributed by atoms with E-state index in [1.165, 1.54) is 0 Å². The van der Waals surface area contributed by atoms with Gasteiger partial charge in [0.2, 0.25) is 0 Å². The van der Waals surface area contributed by atoms with Crippen molar-refractivity contribution in [3.8, 4) is 11.5 Å². The Morgan fingerprint density at radius 2 is 1.50 bits per heavy atom. The summed E-state index contributed by atoms with van der Waals surface area (Å²) in [7, 11) is 3.17. The molecule has 0 unspecified atom stereocenters. The Morgan fingerprint density at radius 3 is 1.83 bits per heavy atom. The topological polar surface area (TPSA) is 18.5 Å². The lowest BCUT2D eigenvalue weighted by Gasteiger charge is -2.08. The minimum atomic E-state index is 0.519. The molecule has 0 aromatic heterocycles. The van der Waals surface area contributed by atoms with E-state index in [2.05, 4.69) is 0 Å². The molecule has 0 spiro atoms. The SMILES string of the molecule is COc1cc(C)cc(OC)c1Cl. The highest BCUT2D eigenvalue weighted by atomic mass is 35.5. The van der Waals surface area contributed by atoms with Crippen LogP contribution in [0.4, 0.5) is 0 Å². The van der Waals surface area contributed by atoms with Gasteiger partial charge < -0.3 is 9.47 Å². The summed E-state index contributed by atoms with van der Waals surface area (Å²) in [5.74, 6) is 1.29. The molecule has 0 radical (unpaired) electrons. The van der Waals surface area contributed by atoms with Gasteiger partial charge in [0.15, 0.2) is 0 Å². The molecule has 2 nitrogen and oxygen atoms in total. The molecule has 0 aliphatic heterocycles. The van der Waals surface area contributed by atoms with E-state index in [0.717, 1.165) is 5.56 Å². The zero-order valence-corrected chi connectivity index (χ0v) is 8.11. The lowest BCUT2D eigenvalue weighted by atomic mass is 10.2. The summed E-state index contributed by atoms with van der Waals surface area (Å²) in [5.41, 5.74) is 1.06. The van der Waals surface area contributed by atoms with Gasteiger partial charge in [-0.25, -0.2) is 0 Å². The first-order chi connectivity index (χ1) is 5.69. The van der Waals surface area contributed by atoms with Gasteiger partial charge in [-0.05, 0) is 24.6 Å². The van der Waals surface area contributed by atoms with Gasteiger partial charge in [0, 0.05) is 0 Å². The molecule has 0 N–H and O–H groups in total. The minimum Gasteiger partial charge on any atom is -0.495 e. The molecule has 0 aliphatic rings.